The van der Waals surface area contributed by atoms with Gasteiger partial charge in [-0.25, -0.2) is 0 Å². The standard InChI is InChI=1S/C11H21NO2/c1-9-3-2-4-11(9)12-10-7-13-5-6-14-8-10/h9-12H,2-8H2,1H3. The van der Waals surface area contributed by atoms with Crippen LogP contribution in [0.25, 0.3) is 0 Å². The number of hydrogen-bond acceptors (Lipinski definition) is 3. The van der Waals surface area contributed by atoms with Crippen molar-refractivity contribution in [2.45, 2.75) is 38.3 Å². The van der Waals surface area contributed by atoms with Crippen molar-refractivity contribution < 1.29 is 9.47 Å². The lowest BCUT2D eigenvalue weighted by atomic mass is 10.1. The second-order valence-corrected chi connectivity index (χ2v) is 4.53. The van der Waals surface area contributed by atoms with Crippen LogP contribution in [0.3, 0.4) is 0 Å². The van der Waals surface area contributed by atoms with Gasteiger partial charge in [0.2, 0.25) is 0 Å². The molecule has 1 saturated carbocycles. The molecular formula is C11H21NO2. The summed E-state index contributed by atoms with van der Waals surface area (Å²) in [5.41, 5.74) is 0. The first-order valence-corrected chi connectivity index (χ1v) is 5.78. The molecule has 14 heavy (non-hydrogen) atoms. The van der Waals surface area contributed by atoms with Crippen LogP contribution in [-0.4, -0.2) is 38.5 Å². The topological polar surface area (TPSA) is 30.5 Å². The Morgan fingerprint density at radius 2 is 1.79 bits per heavy atom. The summed E-state index contributed by atoms with van der Waals surface area (Å²) in [6.07, 6.45) is 4.05. The van der Waals surface area contributed by atoms with E-state index in [1.807, 2.05) is 0 Å². The Bertz CT molecular complexity index is 167. The van der Waals surface area contributed by atoms with Gasteiger partial charge in [0, 0.05) is 6.04 Å². The van der Waals surface area contributed by atoms with Gasteiger partial charge in [-0.15, -0.1) is 0 Å². The Kier molecular flexibility index (Phi) is 3.79. The predicted octanol–water partition coefficient (Wildman–Crippen LogP) is 1.18. The fourth-order valence-electron chi connectivity index (χ4n) is 2.41. The largest absolute Gasteiger partial charge is 0.377 e. The molecule has 0 spiro atoms. The molecule has 0 aromatic carbocycles. The molecular weight excluding hydrogens is 178 g/mol. The number of nitrogens with one attached hydrogen (secondary N) is 1. The third-order valence-electron chi connectivity index (χ3n) is 3.32. The van der Waals surface area contributed by atoms with Gasteiger partial charge in [-0.2, -0.15) is 0 Å². The third-order valence-corrected chi connectivity index (χ3v) is 3.32. The van der Waals surface area contributed by atoms with Crippen LogP contribution in [0, 0.1) is 5.92 Å². The van der Waals surface area contributed by atoms with E-state index in [9.17, 15) is 0 Å². The molecule has 1 aliphatic carbocycles. The lowest BCUT2D eigenvalue weighted by molar-refractivity contribution is 0.103. The lowest BCUT2D eigenvalue weighted by Crippen LogP contribution is -2.44. The zero-order valence-electron chi connectivity index (χ0n) is 9.00. The molecule has 1 aliphatic heterocycles. The molecule has 0 radical (unpaired) electrons. The van der Waals surface area contributed by atoms with E-state index < -0.39 is 0 Å². The van der Waals surface area contributed by atoms with Gasteiger partial charge in [0.15, 0.2) is 0 Å². The summed E-state index contributed by atoms with van der Waals surface area (Å²) >= 11 is 0. The average molecular weight is 199 g/mol. The van der Waals surface area contributed by atoms with E-state index in [1.165, 1.54) is 19.3 Å². The average Bonchev–Trinajstić information content (AvgIpc) is 2.44. The lowest BCUT2D eigenvalue weighted by Gasteiger charge is -2.23. The summed E-state index contributed by atoms with van der Waals surface area (Å²) in [4.78, 5) is 0. The van der Waals surface area contributed by atoms with Gasteiger partial charge in [0.05, 0.1) is 32.5 Å². The van der Waals surface area contributed by atoms with Crippen molar-refractivity contribution in [3.05, 3.63) is 0 Å². The highest BCUT2D eigenvalue weighted by molar-refractivity contribution is 4.83. The highest BCUT2D eigenvalue weighted by Gasteiger charge is 2.26. The van der Waals surface area contributed by atoms with Gasteiger partial charge in [-0.05, 0) is 18.8 Å². The Hall–Kier alpha value is -0.120. The molecule has 2 atom stereocenters. The molecule has 0 amide bonds. The zero-order chi connectivity index (χ0) is 9.80. The van der Waals surface area contributed by atoms with Crippen LogP contribution < -0.4 is 5.32 Å². The second-order valence-electron chi connectivity index (χ2n) is 4.53. The quantitative estimate of drug-likeness (QED) is 0.724. The minimum absolute atomic E-state index is 0.406. The van der Waals surface area contributed by atoms with Crippen LogP contribution in [-0.2, 0) is 9.47 Å². The number of ether oxygens (including phenoxy) is 2. The van der Waals surface area contributed by atoms with E-state index in [0.717, 1.165) is 32.3 Å². The molecule has 1 heterocycles. The van der Waals surface area contributed by atoms with Crippen molar-refractivity contribution in [3.8, 4) is 0 Å². The van der Waals surface area contributed by atoms with Crippen molar-refractivity contribution >= 4 is 0 Å². The van der Waals surface area contributed by atoms with E-state index in [0.29, 0.717) is 12.1 Å². The van der Waals surface area contributed by atoms with Crippen LogP contribution >= 0.6 is 0 Å². The van der Waals surface area contributed by atoms with E-state index >= 15 is 0 Å². The number of rotatable bonds is 2. The van der Waals surface area contributed by atoms with Gasteiger partial charge in [0.25, 0.3) is 0 Å². The van der Waals surface area contributed by atoms with Gasteiger partial charge < -0.3 is 14.8 Å². The SMILES string of the molecule is CC1CCCC1NC1COCCOC1. The van der Waals surface area contributed by atoms with Crippen LogP contribution in [0.5, 0.6) is 0 Å². The first-order chi connectivity index (χ1) is 6.86. The molecule has 1 saturated heterocycles. The molecule has 0 aromatic heterocycles. The van der Waals surface area contributed by atoms with Crippen LogP contribution in [0.2, 0.25) is 0 Å². The first-order valence-electron chi connectivity index (χ1n) is 5.78. The molecule has 2 rings (SSSR count). The summed E-state index contributed by atoms with van der Waals surface area (Å²) in [6, 6.07) is 1.09. The van der Waals surface area contributed by atoms with E-state index in [2.05, 4.69) is 12.2 Å². The fourth-order valence-corrected chi connectivity index (χ4v) is 2.41. The second kappa shape index (κ2) is 5.10. The van der Waals surface area contributed by atoms with Crippen LogP contribution in [0.1, 0.15) is 26.2 Å². The van der Waals surface area contributed by atoms with Gasteiger partial charge in [-0.3, -0.25) is 0 Å². The maximum Gasteiger partial charge on any atom is 0.0701 e. The molecule has 2 fully saturated rings. The Morgan fingerprint density at radius 3 is 2.36 bits per heavy atom. The maximum atomic E-state index is 5.47. The normalized spacial score (nSPS) is 35.8. The summed E-state index contributed by atoms with van der Waals surface area (Å²) in [6.45, 7) is 5.45. The van der Waals surface area contributed by atoms with Crippen molar-refractivity contribution in [2.75, 3.05) is 26.4 Å². The smallest absolute Gasteiger partial charge is 0.0701 e. The van der Waals surface area contributed by atoms with Gasteiger partial charge in [0.1, 0.15) is 0 Å². The van der Waals surface area contributed by atoms with E-state index in [4.69, 9.17) is 9.47 Å². The molecule has 0 aromatic rings. The van der Waals surface area contributed by atoms with Crippen LogP contribution in [0.15, 0.2) is 0 Å². The molecule has 82 valence electrons. The van der Waals surface area contributed by atoms with E-state index in [-0.39, 0.29) is 0 Å². The predicted molar refractivity (Wildman–Crippen MR) is 55.4 cm³/mol. The van der Waals surface area contributed by atoms with Crippen molar-refractivity contribution in [3.63, 3.8) is 0 Å². The Balaban J connectivity index is 1.77. The molecule has 0 bridgehead atoms. The minimum atomic E-state index is 0.406. The summed E-state index contributed by atoms with van der Waals surface area (Å²) < 4.78 is 10.9. The third kappa shape index (κ3) is 2.69. The molecule has 3 nitrogen and oxygen atoms in total. The zero-order valence-corrected chi connectivity index (χ0v) is 9.00. The summed E-state index contributed by atoms with van der Waals surface area (Å²) in [5, 5.41) is 3.66. The van der Waals surface area contributed by atoms with Gasteiger partial charge >= 0.3 is 0 Å². The molecule has 2 unspecified atom stereocenters. The monoisotopic (exact) mass is 199 g/mol. The maximum absolute atomic E-state index is 5.47. The summed E-state index contributed by atoms with van der Waals surface area (Å²) in [7, 11) is 0. The van der Waals surface area contributed by atoms with Crippen molar-refractivity contribution in [1.29, 1.82) is 0 Å². The van der Waals surface area contributed by atoms with Crippen molar-refractivity contribution in [2.24, 2.45) is 5.92 Å². The van der Waals surface area contributed by atoms with Gasteiger partial charge in [-0.1, -0.05) is 13.3 Å². The highest BCUT2D eigenvalue weighted by atomic mass is 16.5. The highest BCUT2D eigenvalue weighted by Crippen LogP contribution is 2.25. The summed E-state index contributed by atoms with van der Waals surface area (Å²) in [5.74, 6) is 0.818. The molecule has 3 heteroatoms. The van der Waals surface area contributed by atoms with E-state index in [1.54, 1.807) is 0 Å². The Morgan fingerprint density at radius 1 is 1.07 bits per heavy atom. The molecule has 2 aliphatic rings. The van der Waals surface area contributed by atoms with Crippen LogP contribution in [0.4, 0.5) is 0 Å². The molecule has 1 N–H and O–H groups in total. The first kappa shape index (κ1) is 10.4. The number of hydrogen-bond donors (Lipinski definition) is 1. The fraction of sp³-hybridized carbons (Fsp3) is 1.00. The Labute approximate surface area is 86.2 Å². The van der Waals surface area contributed by atoms with Crippen molar-refractivity contribution in [1.82, 2.24) is 5.32 Å². The minimum Gasteiger partial charge on any atom is -0.377 e.